The number of rotatable bonds is 4. The lowest BCUT2D eigenvalue weighted by molar-refractivity contribution is 0.102. The smallest absolute Gasteiger partial charge is 0.276 e. The van der Waals surface area contributed by atoms with Crippen LogP contribution in [-0.4, -0.2) is 30.4 Å². The Hall–Kier alpha value is -3.83. The van der Waals surface area contributed by atoms with Crippen LogP contribution < -0.4 is 5.32 Å². The van der Waals surface area contributed by atoms with Crippen LogP contribution in [0.5, 0.6) is 0 Å². The van der Waals surface area contributed by atoms with E-state index in [4.69, 9.17) is 0 Å². The maximum absolute atomic E-state index is 12.7. The van der Waals surface area contributed by atoms with Gasteiger partial charge in [-0.2, -0.15) is 0 Å². The molecule has 0 bridgehead atoms. The molecule has 1 N–H and O–H groups in total. The van der Waals surface area contributed by atoms with Crippen molar-refractivity contribution in [3.63, 3.8) is 0 Å². The number of anilines is 1. The number of hydrogen-bond acceptors (Lipinski definition) is 6. The van der Waals surface area contributed by atoms with Gasteiger partial charge in [0, 0.05) is 29.8 Å². The third-order valence-corrected chi connectivity index (χ3v) is 4.71. The summed E-state index contributed by atoms with van der Waals surface area (Å²) in [6.07, 6.45) is 8.95. The molecule has 0 saturated heterocycles. The zero-order valence-corrected chi connectivity index (χ0v) is 16.3. The van der Waals surface area contributed by atoms with Crippen molar-refractivity contribution in [3.05, 3.63) is 72.0 Å². The second-order valence-corrected chi connectivity index (χ2v) is 6.80. The summed E-state index contributed by atoms with van der Waals surface area (Å²) in [5.74, 6) is 5.76. The van der Waals surface area contributed by atoms with E-state index in [0.717, 1.165) is 23.4 Å². The Morgan fingerprint density at radius 1 is 1.17 bits per heavy atom. The number of pyridine rings is 2. The summed E-state index contributed by atoms with van der Waals surface area (Å²) in [4.78, 5) is 29.7. The van der Waals surface area contributed by atoms with E-state index in [1.165, 1.54) is 17.5 Å². The Morgan fingerprint density at radius 3 is 2.86 bits per heavy atom. The Morgan fingerprint density at radius 2 is 2.10 bits per heavy atom. The van der Waals surface area contributed by atoms with Crippen LogP contribution in [0.15, 0.2) is 60.8 Å². The van der Waals surface area contributed by atoms with Gasteiger partial charge in [-0.3, -0.25) is 24.6 Å². The summed E-state index contributed by atoms with van der Waals surface area (Å²) < 4.78 is 1.68. The number of carbonyl (C=O) groups is 1. The van der Waals surface area contributed by atoms with Gasteiger partial charge in [0.2, 0.25) is 0 Å². The second-order valence-electron chi connectivity index (χ2n) is 5.94. The first-order valence-electron chi connectivity index (χ1n) is 8.89. The van der Waals surface area contributed by atoms with Gasteiger partial charge >= 0.3 is 0 Å². The van der Waals surface area contributed by atoms with E-state index in [0.29, 0.717) is 16.5 Å². The quantitative estimate of drug-likeness (QED) is 0.527. The van der Waals surface area contributed by atoms with Gasteiger partial charge in [0.05, 0.1) is 30.1 Å². The number of hydrogen-bond donors (Lipinski definition) is 1. The summed E-state index contributed by atoms with van der Waals surface area (Å²) in [5.41, 5.74) is 3.44. The van der Waals surface area contributed by atoms with Gasteiger partial charge in [0.15, 0.2) is 5.13 Å². The van der Waals surface area contributed by atoms with Crippen LogP contribution >= 0.6 is 11.3 Å². The van der Waals surface area contributed by atoms with Crippen LogP contribution in [0.2, 0.25) is 0 Å². The Kier molecular flexibility index (Phi) is 5.40. The zero-order chi connectivity index (χ0) is 20.1. The van der Waals surface area contributed by atoms with Crippen LogP contribution in [0.4, 0.5) is 5.13 Å². The van der Waals surface area contributed by atoms with Crippen molar-refractivity contribution in [1.82, 2.24) is 24.5 Å². The molecule has 1 amide bonds. The normalized spacial score (nSPS) is 10.2. The van der Waals surface area contributed by atoms with Crippen molar-refractivity contribution in [2.75, 3.05) is 5.32 Å². The highest BCUT2D eigenvalue weighted by Crippen LogP contribution is 2.24. The van der Waals surface area contributed by atoms with Crippen molar-refractivity contribution in [2.45, 2.75) is 13.3 Å². The van der Waals surface area contributed by atoms with Crippen molar-refractivity contribution in [3.8, 4) is 28.9 Å². The summed E-state index contributed by atoms with van der Waals surface area (Å²) >= 11 is 1.34. The highest BCUT2D eigenvalue weighted by atomic mass is 32.1. The molecule has 0 atom stereocenters. The number of nitrogens with zero attached hydrogens (tertiary/aromatic N) is 5. The van der Waals surface area contributed by atoms with E-state index in [1.807, 2.05) is 30.5 Å². The molecule has 0 aromatic carbocycles. The summed E-state index contributed by atoms with van der Waals surface area (Å²) in [6, 6.07) is 7.44. The first-order chi connectivity index (χ1) is 14.2. The maximum atomic E-state index is 12.7. The van der Waals surface area contributed by atoms with Crippen molar-refractivity contribution >= 4 is 22.4 Å². The molecule has 7 nitrogen and oxygen atoms in total. The molecule has 4 aromatic heterocycles. The number of thiazole rings is 1. The lowest BCUT2D eigenvalue weighted by Gasteiger charge is -2.06. The van der Waals surface area contributed by atoms with Crippen LogP contribution in [0.3, 0.4) is 0 Å². The monoisotopic (exact) mass is 400 g/mol. The number of carbonyl (C=O) groups excluding carboxylic acids is 1. The zero-order valence-electron chi connectivity index (χ0n) is 15.5. The van der Waals surface area contributed by atoms with Gasteiger partial charge in [-0.05, 0) is 24.3 Å². The fourth-order valence-electron chi connectivity index (χ4n) is 2.58. The Balaban J connectivity index is 1.50. The van der Waals surface area contributed by atoms with E-state index in [2.05, 4.69) is 37.1 Å². The van der Waals surface area contributed by atoms with E-state index < -0.39 is 0 Å². The SMILES string of the molecule is CCC#Cc1ccc(-c2csc(NC(=O)c3cncn3-c3cccnc3)n2)nc1. The van der Waals surface area contributed by atoms with Crippen LogP contribution in [0.25, 0.3) is 17.1 Å². The predicted octanol–water partition coefficient (Wildman–Crippen LogP) is 3.80. The third kappa shape index (κ3) is 4.20. The highest BCUT2D eigenvalue weighted by Gasteiger charge is 2.15. The first-order valence-corrected chi connectivity index (χ1v) is 9.77. The van der Waals surface area contributed by atoms with Gasteiger partial charge in [-0.15, -0.1) is 11.3 Å². The van der Waals surface area contributed by atoms with Crippen molar-refractivity contribution in [2.24, 2.45) is 0 Å². The van der Waals surface area contributed by atoms with Gasteiger partial charge in [-0.1, -0.05) is 18.8 Å². The van der Waals surface area contributed by atoms with E-state index in [-0.39, 0.29) is 5.91 Å². The fourth-order valence-corrected chi connectivity index (χ4v) is 3.28. The topological polar surface area (TPSA) is 85.6 Å². The summed E-state index contributed by atoms with van der Waals surface area (Å²) in [5, 5.41) is 5.16. The Labute approximate surface area is 171 Å². The molecule has 0 aliphatic carbocycles. The molecule has 0 unspecified atom stereocenters. The third-order valence-electron chi connectivity index (χ3n) is 3.96. The molecule has 142 valence electrons. The van der Waals surface area contributed by atoms with Gasteiger partial charge < -0.3 is 0 Å². The van der Waals surface area contributed by atoms with Crippen molar-refractivity contribution < 1.29 is 4.79 Å². The lowest BCUT2D eigenvalue weighted by Crippen LogP contribution is -2.16. The average Bonchev–Trinajstić information content (AvgIpc) is 3.43. The molecule has 0 saturated carbocycles. The molecule has 0 radical (unpaired) electrons. The molecular weight excluding hydrogens is 384 g/mol. The molecular formula is C21H16N6OS. The molecule has 4 rings (SSSR count). The van der Waals surface area contributed by atoms with Gasteiger partial charge in [-0.25, -0.2) is 9.97 Å². The predicted molar refractivity (Wildman–Crippen MR) is 112 cm³/mol. The largest absolute Gasteiger partial charge is 0.296 e. The highest BCUT2D eigenvalue weighted by molar-refractivity contribution is 7.14. The molecule has 0 aliphatic heterocycles. The second kappa shape index (κ2) is 8.46. The first kappa shape index (κ1) is 18.5. The molecule has 29 heavy (non-hydrogen) atoms. The van der Waals surface area contributed by atoms with E-state index in [9.17, 15) is 4.79 Å². The number of amides is 1. The number of nitrogens with one attached hydrogen (secondary N) is 1. The molecule has 0 fully saturated rings. The van der Waals surface area contributed by atoms with Gasteiger partial charge in [0.25, 0.3) is 5.91 Å². The fraction of sp³-hybridized carbons (Fsp3) is 0.0952. The van der Waals surface area contributed by atoms with Crippen LogP contribution in [-0.2, 0) is 0 Å². The average molecular weight is 400 g/mol. The lowest BCUT2D eigenvalue weighted by atomic mass is 10.2. The minimum absolute atomic E-state index is 0.301. The summed E-state index contributed by atoms with van der Waals surface area (Å²) in [7, 11) is 0. The van der Waals surface area contributed by atoms with Crippen LogP contribution in [0.1, 0.15) is 29.4 Å². The number of imidazole rings is 1. The summed E-state index contributed by atoms with van der Waals surface area (Å²) in [6.45, 7) is 2.00. The standard InChI is InChI=1S/C21H16N6OS/c1-2-3-5-15-7-8-17(24-10-15)18-13-29-21(25-18)26-20(28)19-12-23-14-27(19)16-6-4-9-22-11-16/h4,6-14H,2H2,1H3,(H,25,26,28). The van der Waals surface area contributed by atoms with Gasteiger partial charge in [0.1, 0.15) is 11.4 Å². The minimum Gasteiger partial charge on any atom is -0.296 e. The minimum atomic E-state index is -0.301. The van der Waals surface area contributed by atoms with Crippen LogP contribution in [0, 0.1) is 11.8 Å². The molecule has 0 aliphatic rings. The molecule has 4 heterocycles. The van der Waals surface area contributed by atoms with Crippen molar-refractivity contribution in [1.29, 1.82) is 0 Å². The maximum Gasteiger partial charge on any atom is 0.276 e. The van der Waals surface area contributed by atoms with E-state index in [1.54, 1.807) is 35.6 Å². The molecule has 8 heteroatoms. The van der Waals surface area contributed by atoms with E-state index >= 15 is 0 Å². The number of aromatic nitrogens is 5. The molecule has 0 spiro atoms. The Bertz CT molecular complexity index is 1190. The molecule has 4 aromatic rings.